The number of carbonyl (C=O) groups is 2. The summed E-state index contributed by atoms with van der Waals surface area (Å²) in [6.07, 6.45) is 3.28. The van der Waals surface area contributed by atoms with Crippen molar-refractivity contribution in [1.82, 2.24) is 0 Å². The van der Waals surface area contributed by atoms with Gasteiger partial charge in [-0.15, -0.1) is 0 Å². The number of hydrogen-bond acceptors (Lipinski definition) is 4. The summed E-state index contributed by atoms with van der Waals surface area (Å²) >= 11 is 0. The Labute approximate surface area is 342 Å². The summed E-state index contributed by atoms with van der Waals surface area (Å²) in [6.45, 7) is 8.36. The minimum absolute atomic E-state index is 0.101. The van der Waals surface area contributed by atoms with E-state index in [1.165, 1.54) is 11.1 Å². The predicted molar refractivity (Wildman–Crippen MR) is 233 cm³/mol. The molecule has 7 aromatic rings. The molecule has 0 amide bonds. The standard InChI is InChI=1S/C54H48O4/c1-36-13-5-9-17-48(36)57-49-18-10-6-14-39(49)26-21-37-22-27-40(28-23-37)52(55)44-33-45(35-46(34-44)54(2,3)4)53(56)41-29-24-38(25-30-41)31-43-32-42-15-7-11-19-50(42)58-51-20-12-8-16-47(43)51/h5-20,22-25,27-30,33-35,43H,21,26,31-32H2,1-4H3. The highest BCUT2D eigenvalue weighted by atomic mass is 16.5. The van der Waals surface area contributed by atoms with Crippen LogP contribution in [0.4, 0.5) is 0 Å². The third kappa shape index (κ3) is 8.57. The first-order valence-electron chi connectivity index (χ1n) is 20.2. The van der Waals surface area contributed by atoms with E-state index in [4.69, 9.17) is 9.47 Å². The van der Waals surface area contributed by atoms with Crippen molar-refractivity contribution in [1.29, 1.82) is 0 Å². The second-order valence-electron chi connectivity index (χ2n) is 16.4. The Hall–Kier alpha value is -6.52. The van der Waals surface area contributed by atoms with Gasteiger partial charge in [0.05, 0.1) is 0 Å². The van der Waals surface area contributed by atoms with Crippen LogP contribution < -0.4 is 9.47 Å². The molecule has 288 valence electrons. The quantitative estimate of drug-likeness (QED) is 0.123. The van der Waals surface area contributed by atoms with Gasteiger partial charge in [-0.3, -0.25) is 9.59 Å². The summed E-state index contributed by atoms with van der Waals surface area (Å²) in [5.41, 5.74) is 9.77. The number of fused-ring (bicyclic) bond motifs is 2. The fourth-order valence-electron chi connectivity index (χ4n) is 7.79. The predicted octanol–water partition coefficient (Wildman–Crippen LogP) is 13.0. The van der Waals surface area contributed by atoms with Gasteiger partial charge < -0.3 is 9.47 Å². The molecule has 0 saturated carbocycles. The van der Waals surface area contributed by atoms with Crippen LogP contribution in [-0.2, 0) is 31.1 Å². The monoisotopic (exact) mass is 760 g/mol. The van der Waals surface area contributed by atoms with Gasteiger partial charge in [-0.1, -0.05) is 142 Å². The van der Waals surface area contributed by atoms with E-state index in [-0.39, 0.29) is 22.9 Å². The number of ether oxygens (including phenoxy) is 2. The van der Waals surface area contributed by atoms with Gasteiger partial charge in [0, 0.05) is 22.3 Å². The molecule has 0 N–H and O–H groups in total. The van der Waals surface area contributed by atoms with Crippen LogP contribution in [0.2, 0.25) is 0 Å². The Bertz CT molecular complexity index is 2590. The molecule has 7 aromatic carbocycles. The zero-order valence-electron chi connectivity index (χ0n) is 33.6. The van der Waals surface area contributed by atoms with Gasteiger partial charge in [-0.05, 0) is 125 Å². The molecule has 1 aliphatic rings. The molecule has 58 heavy (non-hydrogen) atoms. The zero-order chi connectivity index (χ0) is 40.2. The highest BCUT2D eigenvalue weighted by molar-refractivity contribution is 6.13. The Morgan fingerprint density at radius 3 is 1.83 bits per heavy atom. The summed E-state index contributed by atoms with van der Waals surface area (Å²) < 4.78 is 12.6. The van der Waals surface area contributed by atoms with Gasteiger partial charge in [-0.25, -0.2) is 0 Å². The first-order chi connectivity index (χ1) is 28.1. The van der Waals surface area contributed by atoms with Crippen LogP contribution >= 0.6 is 0 Å². The average molecular weight is 761 g/mol. The fourth-order valence-corrected chi connectivity index (χ4v) is 7.79. The van der Waals surface area contributed by atoms with Crippen LogP contribution in [0.15, 0.2) is 164 Å². The van der Waals surface area contributed by atoms with E-state index in [0.29, 0.717) is 22.3 Å². The Morgan fingerprint density at radius 2 is 1.16 bits per heavy atom. The number of benzene rings is 7. The van der Waals surface area contributed by atoms with E-state index >= 15 is 0 Å². The molecule has 1 heterocycles. The fraction of sp³-hybridized carbons (Fsp3) is 0.185. The van der Waals surface area contributed by atoms with Crippen LogP contribution in [0, 0.1) is 6.92 Å². The van der Waals surface area contributed by atoms with Crippen molar-refractivity contribution in [2.24, 2.45) is 0 Å². The lowest BCUT2D eigenvalue weighted by Gasteiger charge is -2.21. The lowest BCUT2D eigenvalue weighted by Crippen LogP contribution is -2.15. The number of ketones is 2. The smallest absolute Gasteiger partial charge is 0.193 e. The molecule has 0 bridgehead atoms. The molecule has 4 heteroatoms. The zero-order valence-corrected chi connectivity index (χ0v) is 33.6. The van der Waals surface area contributed by atoms with Crippen LogP contribution in [0.5, 0.6) is 23.0 Å². The summed E-state index contributed by atoms with van der Waals surface area (Å²) in [5.74, 6) is 3.53. The Morgan fingerprint density at radius 1 is 0.586 bits per heavy atom. The minimum Gasteiger partial charge on any atom is -0.457 e. The van der Waals surface area contributed by atoms with E-state index in [9.17, 15) is 9.59 Å². The van der Waals surface area contributed by atoms with Crippen molar-refractivity contribution in [3.63, 3.8) is 0 Å². The van der Waals surface area contributed by atoms with Crippen molar-refractivity contribution in [2.45, 2.75) is 64.7 Å². The molecule has 0 aromatic heterocycles. The van der Waals surface area contributed by atoms with Crippen LogP contribution in [0.1, 0.15) is 97.5 Å². The summed E-state index contributed by atoms with van der Waals surface area (Å²) in [4.78, 5) is 28.2. The third-order valence-electron chi connectivity index (χ3n) is 11.2. The van der Waals surface area contributed by atoms with Gasteiger partial charge in [0.2, 0.25) is 0 Å². The number of hydrogen-bond donors (Lipinski definition) is 0. The molecule has 1 unspecified atom stereocenters. The Balaban J connectivity index is 0.977. The van der Waals surface area contributed by atoms with Crippen LogP contribution in [-0.4, -0.2) is 11.6 Å². The molecule has 1 atom stereocenters. The largest absolute Gasteiger partial charge is 0.457 e. The van der Waals surface area contributed by atoms with E-state index < -0.39 is 0 Å². The molecular formula is C54H48O4. The normalized spacial score (nSPS) is 13.4. The molecule has 0 spiro atoms. The van der Waals surface area contributed by atoms with Gasteiger partial charge in [-0.2, -0.15) is 0 Å². The highest BCUT2D eigenvalue weighted by Crippen LogP contribution is 2.41. The molecule has 1 aliphatic heterocycles. The van der Waals surface area contributed by atoms with Crippen molar-refractivity contribution in [3.05, 3.63) is 225 Å². The van der Waals surface area contributed by atoms with E-state index in [1.807, 2.05) is 122 Å². The summed E-state index contributed by atoms with van der Waals surface area (Å²) in [6, 6.07) is 54.2. The molecule has 0 radical (unpaired) electrons. The molecule has 0 aliphatic carbocycles. The van der Waals surface area contributed by atoms with Crippen molar-refractivity contribution in [3.8, 4) is 23.0 Å². The second-order valence-corrected chi connectivity index (χ2v) is 16.4. The van der Waals surface area contributed by atoms with E-state index in [0.717, 1.165) is 76.5 Å². The molecule has 0 saturated heterocycles. The summed E-state index contributed by atoms with van der Waals surface area (Å²) in [5, 5.41) is 0. The number of carbonyl (C=O) groups excluding carboxylic acids is 2. The van der Waals surface area contributed by atoms with Gasteiger partial charge in [0.15, 0.2) is 11.6 Å². The molecule has 0 fully saturated rings. The van der Waals surface area contributed by atoms with Crippen LogP contribution in [0.3, 0.4) is 0 Å². The van der Waals surface area contributed by atoms with E-state index in [2.05, 4.69) is 63.2 Å². The lowest BCUT2D eigenvalue weighted by atomic mass is 9.83. The lowest BCUT2D eigenvalue weighted by molar-refractivity contribution is 0.103. The number of rotatable bonds is 11. The SMILES string of the molecule is Cc1ccccc1Oc1ccccc1CCc1ccc(C(=O)c2cc(C(=O)c3ccc(CC4Cc5ccccc5Oc5ccccc54)cc3)cc(C(C)(C)C)c2)cc1. The number of para-hydroxylation sites is 4. The average Bonchev–Trinajstić information content (AvgIpc) is 3.40. The van der Waals surface area contributed by atoms with Gasteiger partial charge >= 0.3 is 0 Å². The molecular weight excluding hydrogens is 713 g/mol. The summed E-state index contributed by atoms with van der Waals surface area (Å²) in [7, 11) is 0. The first kappa shape index (κ1) is 38.4. The first-order valence-corrected chi connectivity index (χ1v) is 20.2. The maximum atomic E-state index is 14.1. The van der Waals surface area contributed by atoms with E-state index in [1.54, 1.807) is 6.07 Å². The van der Waals surface area contributed by atoms with Crippen LogP contribution in [0.25, 0.3) is 0 Å². The van der Waals surface area contributed by atoms with Crippen molar-refractivity contribution >= 4 is 11.6 Å². The number of aryl methyl sites for hydroxylation is 3. The second kappa shape index (κ2) is 16.5. The maximum absolute atomic E-state index is 14.1. The topological polar surface area (TPSA) is 52.6 Å². The van der Waals surface area contributed by atoms with Crippen molar-refractivity contribution in [2.75, 3.05) is 0 Å². The third-order valence-corrected chi connectivity index (χ3v) is 11.2. The Kier molecular flexibility index (Phi) is 10.9. The van der Waals surface area contributed by atoms with Crippen molar-refractivity contribution < 1.29 is 19.1 Å². The molecule has 8 rings (SSSR count). The minimum atomic E-state index is -0.268. The van der Waals surface area contributed by atoms with Gasteiger partial charge in [0.1, 0.15) is 23.0 Å². The molecule has 4 nitrogen and oxygen atoms in total. The highest BCUT2D eigenvalue weighted by Gasteiger charge is 2.25. The maximum Gasteiger partial charge on any atom is 0.193 e. The van der Waals surface area contributed by atoms with Gasteiger partial charge in [0.25, 0.3) is 0 Å².